The summed E-state index contributed by atoms with van der Waals surface area (Å²) in [4.78, 5) is 35.1. The highest BCUT2D eigenvalue weighted by molar-refractivity contribution is 7.98. The largest absolute Gasteiger partial charge is 0.451 e. The fourth-order valence-electron chi connectivity index (χ4n) is 2.98. The molecule has 9 nitrogen and oxygen atoms in total. The highest BCUT2D eigenvalue weighted by Crippen LogP contribution is 2.31. The fourth-order valence-corrected chi connectivity index (χ4v) is 3.81. The molecular weight excluding hydrogens is 418 g/mol. The quantitative estimate of drug-likeness (QED) is 0.345. The molecule has 1 N–H and O–H groups in total. The van der Waals surface area contributed by atoms with Crippen molar-refractivity contribution in [1.29, 1.82) is 0 Å². The minimum atomic E-state index is -0.396. The molecule has 0 atom stereocenters. The number of aryl methyl sites for hydroxylation is 1. The second-order valence-electron chi connectivity index (χ2n) is 6.76. The van der Waals surface area contributed by atoms with Gasteiger partial charge in [-0.3, -0.25) is 9.59 Å². The molecule has 4 rings (SSSR count). The van der Waals surface area contributed by atoms with Crippen molar-refractivity contribution in [2.75, 3.05) is 18.9 Å². The molecule has 0 spiro atoms. The zero-order chi connectivity index (χ0) is 21.8. The first-order chi connectivity index (χ1) is 15.0. The number of hydrogen-bond acceptors (Lipinski definition) is 8. The number of fused-ring (bicyclic) bond motifs is 1. The maximum Gasteiger partial charge on any atom is 0.290 e. The Bertz CT molecular complexity index is 1220. The summed E-state index contributed by atoms with van der Waals surface area (Å²) in [5.41, 5.74) is 1.34. The van der Waals surface area contributed by atoms with E-state index in [2.05, 4.69) is 20.4 Å². The second kappa shape index (κ2) is 9.00. The van der Waals surface area contributed by atoms with Crippen molar-refractivity contribution in [3.63, 3.8) is 0 Å². The molecule has 0 fully saturated rings. The molecule has 1 aromatic carbocycles. The Morgan fingerprint density at radius 1 is 1.16 bits per heavy atom. The van der Waals surface area contributed by atoms with Crippen LogP contribution in [0, 0.1) is 6.92 Å². The van der Waals surface area contributed by atoms with Crippen molar-refractivity contribution in [3.05, 3.63) is 65.9 Å². The van der Waals surface area contributed by atoms with Crippen molar-refractivity contribution in [2.24, 2.45) is 0 Å². The van der Waals surface area contributed by atoms with Gasteiger partial charge in [-0.05, 0) is 19.1 Å². The second-order valence-corrected chi connectivity index (χ2v) is 7.70. The van der Waals surface area contributed by atoms with Crippen LogP contribution in [0.15, 0.2) is 62.9 Å². The number of thioether (sulfide) groups is 1. The van der Waals surface area contributed by atoms with E-state index in [1.807, 2.05) is 18.2 Å². The molecule has 0 unspecified atom stereocenters. The summed E-state index contributed by atoms with van der Waals surface area (Å²) in [5, 5.41) is 7.75. The van der Waals surface area contributed by atoms with Crippen molar-refractivity contribution in [2.45, 2.75) is 17.8 Å². The maximum absolute atomic E-state index is 13.1. The van der Waals surface area contributed by atoms with Gasteiger partial charge in [-0.25, -0.2) is 9.97 Å². The molecule has 0 saturated carbocycles. The Labute approximate surface area is 181 Å². The molecule has 31 heavy (non-hydrogen) atoms. The molecule has 0 aliphatic heterocycles. The third-order valence-corrected chi connectivity index (χ3v) is 5.31. The van der Waals surface area contributed by atoms with Crippen molar-refractivity contribution in [1.82, 2.24) is 20.0 Å². The molecular formula is C21H19N5O4S. The SMILES string of the molecule is Cc1cc(NC(=O)CN(C)C(=O)c2oc3ccccc3c2CSc2ncccn2)no1. The molecule has 0 aliphatic rings. The number of furan rings is 1. The summed E-state index contributed by atoms with van der Waals surface area (Å²) in [7, 11) is 1.54. The van der Waals surface area contributed by atoms with Gasteiger partial charge >= 0.3 is 0 Å². The Kier molecular flexibility index (Phi) is 5.99. The highest BCUT2D eigenvalue weighted by Gasteiger charge is 2.25. The fraction of sp³-hybridized carbons (Fsp3) is 0.190. The van der Waals surface area contributed by atoms with E-state index in [-0.39, 0.29) is 12.3 Å². The minimum absolute atomic E-state index is 0.170. The number of anilines is 1. The summed E-state index contributed by atoms with van der Waals surface area (Å²) in [6.45, 7) is 1.55. The van der Waals surface area contributed by atoms with Gasteiger partial charge in [-0.15, -0.1) is 0 Å². The smallest absolute Gasteiger partial charge is 0.290 e. The van der Waals surface area contributed by atoms with Gasteiger partial charge in [0.25, 0.3) is 5.91 Å². The van der Waals surface area contributed by atoms with Gasteiger partial charge in [0.05, 0.1) is 0 Å². The summed E-state index contributed by atoms with van der Waals surface area (Å²) in [6, 6.07) is 10.8. The molecule has 0 saturated heterocycles. The Morgan fingerprint density at radius 2 is 1.94 bits per heavy atom. The predicted molar refractivity (Wildman–Crippen MR) is 115 cm³/mol. The van der Waals surface area contributed by atoms with Crippen LogP contribution in [0.25, 0.3) is 11.0 Å². The van der Waals surface area contributed by atoms with Gasteiger partial charge in [-0.2, -0.15) is 0 Å². The van der Waals surface area contributed by atoms with Crippen molar-refractivity contribution < 1.29 is 18.5 Å². The number of carbonyl (C=O) groups is 2. The van der Waals surface area contributed by atoms with E-state index in [0.717, 1.165) is 10.9 Å². The molecule has 2 amide bonds. The van der Waals surface area contributed by atoms with E-state index >= 15 is 0 Å². The van der Waals surface area contributed by atoms with Gasteiger partial charge < -0.3 is 19.2 Å². The number of rotatable bonds is 7. The van der Waals surface area contributed by atoms with E-state index in [9.17, 15) is 9.59 Å². The summed E-state index contributed by atoms with van der Waals surface area (Å²) < 4.78 is 10.8. The van der Waals surface area contributed by atoms with Crippen LogP contribution in [-0.4, -0.2) is 45.4 Å². The molecule has 3 aromatic heterocycles. The van der Waals surface area contributed by atoms with Crippen LogP contribution in [0.4, 0.5) is 5.82 Å². The standard InChI is InChI=1S/C21H19N5O4S/c1-13-10-17(25-30-13)24-18(27)11-26(2)20(28)19-15(12-31-21-22-8-5-9-23-21)14-6-3-4-7-16(14)29-19/h3-10H,11-12H2,1-2H3,(H,24,25,27). The van der Waals surface area contributed by atoms with E-state index in [1.54, 1.807) is 44.6 Å². The van der Waals surface area contributed by atoms with E-state index in [4.69, 9.17) is 8.94 Å². The topological polar surface area (TPSA) is 114 Å². The van der Waals surface area contributed by atoms with E-state index in [1.165, 1.54) is 16.7 Å². The third-order valence-electron chi connectivity index (χ3n) is 4.40. The number of aromatic nitrogens is 3. The van der Waals surface area contributed by atoms with Gasteiger partial charge in [0, 0.05) is 42.2 Å². The summed E-state index contributed by atoms with van der Waals surface area (Å²) in [6.07, 6.45) is 3.33. The average Bonchev–Trinajstić information content (AvgIpc) is 3.35. The van der Waals surface area contributed by atoms with Crippen LogP contribution in [-0.2, 0) is 10.5 Å². The normalized spacial score (nSPS) is 10.9. The number of benzene rings is 1. The molecule has 0 aliphatic carbocycles. The number of para-hydroxylation sites is 1. The number of amides is 2. The van der Waals surface area contributed by atoms with Crippen LogP contribution in [0.5, 0.6) is 0 Å². The first-order valence-electron chi connectivity index (χ1n) is 9.40. The van der Waals surface area contributed by atoms with Crippen LogP contribution in [0.2, 0.25) is 0 Å². The number of likely N-dealkylation sites (N-methyl/N-ethyl adjacent to an activating group) is 1. The number of nitrogens with one attached hydrogen (secondary N) is 1. The van der Waals surface area contributed by atoms with Crippen LogP contribution < -0.4 is 5.32 Å². The average molecular weight is 437 g/mol. The third kappa shape index (κ3) is 4.75. The van der Waals surface area contributed by atoms with E-state index < -0.39 is 11.8 Å². The van der Waals surface area contributed by atoms with Crippen LogP contribution in [0.1, 0.15) is 21.9 Å². The molecule has 0 bridgehead atoms. The van der Waals surface area contributed by atoms with Gasteiger partial charge in [0.1, 0.15) is 17.9 Å². The van der Waals surface area contributed by atoms with Gasteiger partial charge in [0.15, 0.2) is 16.7 Å². The van der Waals surface area contributed by atoms with Crippen LogP contribution >= 0.6 is 11.8 Å². The molecule has 4 aromatic rings. The molecule has 0 radical (unpaired) electrons. The lowest BCUT2D eigenvalue weighted by atomic mass is 10.1. The Morgan fingerprint density at radius 3 is 2.68 bits per heavy atom. The van der Waals surface area contributed by atoms with Crippen LogP contribution in [0.3, 0.4) is 0 Å². The zero-order valence-corrected chi connectivity index (χ0v) is 17.7. The lowest BCUT2D eigenvalue weighted by Gasteiger charge is -2.15. The molecule has 3 heterocycles. The summed E-state index contributed by atoms with van der Waals surface area (Å²) in [5.74, 6) is 0.720. The Balaban J connectivity index is 1.52. The number of nitrogens with zero attached hydrogens (tertiary/aromatic N) is 4. The Hall–Kier alpha value is -3.66. The van der Waals surface area contributed by atoms with Crippen molar-refractivity contribution >= 4 is 40.4 Å². The van der Waals surface area contributed by atoms with Gasteiger partial charge in [0.2, 0.25) is 5.91 Å². The number of hydrogen-bond donors (Lipinski definition) is 1. The molecule has 10 heteroatoms. The zero-order valence-electron chi connectivity index (χ0n) is 16.9. The van der Waals surface area contributed by atoms with E-state index in [0.29, 0.717) is 28.1 Å². The lowest BCUT2D eigenvalue weighted by molar-refractivity contribution is -0.116. The summed E-state index contributed by atoms with van der Waals surface area (Å²) >= 11 is 1.40. The maximum atomic E-state index is 13.1. The first kappa shape index (κ1) is 20.6. The highest BCUT2D eigenvalue weighted by atomic mass is 32.2. The van der Waals surface area contributed by atoms with Crippen molar-refractivity contribution in [3.8, 4) is 0 Å². The monoisotopic (exact) mass is 437 g/mol. The number of carbonyl (C=O) groups excluding carboxylic acids is 2. The first-order valence-corrected chi connectivity index (χ1v) is 10.4. The molecule has 158 valence electrons. The lowest BCUT2D eigenvalue weighted by Crippen LogP contribution is -2.35. The minimum Gasteiger partial charge on any atom is -0.451 e. The van der Waals surface area contributed by atoms with Gasteiger partial charge in [-0.1, -0.05) is 35.1 Å². The predicted octanol–water partition coefficient (Wildman–Crippen LogP) is 3.52.